The topological polar surface area (TPSA) is 64.8 Å². The van der Waals surface area contributed by atoms with E-state index >= 15 is 0 Å². The lowest BCUT2D eigenvalue weighted by atomic mass is 9.89. The van der Waals surface area contributed by atoms with Crippen LogP contribution in [0.4, 0.5) is 0 Å². The van der Waals surface area contributed by atoms with Gasteiger partial charge < -0.3 is 20.1 Å². The lowest BCUT2D eigenvalue weighted by molar-refractivity contribution is -0.149. The normalized spacial score (nSPS) is 22.7. The number of carbonyl (C=O) groups is 1. The maximum atomic E-state index is 11.6. The van der Waals surface area contributed by atoms with E-state index in [0.717, 1.165) is 5.56 Å². The summed E-state index contributed by atoms with van der Waals surface area (Å²) in [6.45, 7) is 2.60. The first-order chi connectivity index (χ1) is 8.63. The van der Waals surface area contributed by atoms with Gasteiger partial charge in [-0.3, -0.25) is 4.79 Å². The van der Waals surface area contributed by atoms with E-state index in [-0.39, 0.29) is 11.9 Å². The molecule has 1 fully saturated rings. The van der Waals surface area contributed by atoms with Gasteiger partial charge in [-0.25, -0.2) is 0 Å². The number of methoxy groups -OCH3 is 2. The molecular formula is C13H18N2O3. The van der Waals surface area contributed by atoms with Crippen LogP contribution in [0, 0.1) is 0 Å². The first-order valence-electron chi connectivity index (χ1n) is 5.92. The molecule has 1 aromatic carbocycles. The molecule has 2 rings (SSSR count). The molecule has 1 aromatic rings. The molecule has 1 aliphatic rings. The van der Waals surface area contributed by atoms with E-state index in [9.17, 15) is 4.79 Å². The number of carbonyl (C=O) groups excluding carboxylic acids is 1. The van der Waals surface area contributed by atoms with E-state index in [4.69, 9.17) is 15.2 Å². The van der Waals surface area contributed by atoms with Crippen LogP contribution < -0.4 is 15.2 Å². The average molecular weight is 250 g/mol. The molecule has 18 heavy (non-hydrogen) atoms. The molecular weight excluding hydrogens is 232 g/mol. The van der Waals surface area contributed by atoms with E-state index in [0.29, 0.717) is 18.0 Å². The van der Waals surface area contributed by atoms with Crippen LogP contribution in [-0.4, -0.2) is 37.6 Å². The molecule has 5 heteroatoms. The average Bonchev–Trinajstić information content (AvgIpc) is 2.42. The summed E-state index contributed by atoms with van der Waals surface area (Å²) in [5.74, 6) is 1.32. The Bertz CT molecular complexity index is 462. The Morgan fingerprint density at radius 1 is 1.28 bits per heavy atom. The zero-order valence-electron chi connectivity index (χ0n) is 10.8. The molecule has 0 unspecified atom stereocenters. The van der Waals surface area contributed by atoms with Crippen molar-refractivity contribution >= 4 is 5.91 Å². The van der Waals surface area contributed by atoms with Crippen LogP contribution in [0.15, 0.2) is 18.2 Å². The Morgan fingerprint density at radius 2 is 1.94 bits per heavy atom. The van der Waals surface area contributed by atoms with Crippen LogP contribution in [0.25, 0.3) is 0 Å². The van der Waals surface area contributed by atoms with Crippen LogP contribution in [0.3, 0.4) is 0 Å². The van der Waals surface area contributed by atoms with Gasteiger partial charge >= 0.3 is 0 Å². The van der Waals surface area contributed by atoms with Crippen LogP contribution in [0.5, 0.6) is 11.5 Å². The minimum Gasteiger partial charge on any atom is -0.493 e. The standard InChI is InChI=1S/C13H18N2O3/c1-4-15-12(11(14)13(15)16)8-5-6-9(17-2)10(7-8)18-3/h5-7,11-12H,4,14H2,1-3H3/t11-,12-/m1/s1. The van der Waals surface area contributed by atoms with E-state index in [1.807, 2.05) is 25.1 Å². The zero-order valence-corrected chi connectivity index (χ0v) is 10.8. The Hall–Kier alpha value is -1.75. The third-order valence-electron chi connectivity index (χ3n) is 3.33. The summed E-state index contributed by atoms with van der Waals surface area (Å²) in [5, 5.41) is 0. The fourth-order valence-corrected chi connectivity index (χ4v) is 2.35. The Kier molecular flexibility index (Phi) is 3.43. The molecule has 98 valence electrons. The lowest BCUT2D eigenvalue weighted by Gasteiger charge is -2.45. The number of nitrogens with zero attached hydrogens (tertiary/aromatic N) is 1. The van der Waals surface area contributed by atoms with Crippen molar-refractivity contribution in [1.82, 2.24) is 4.90 Å². The number of nitrogens with two attached hydrogens (primary N) is 1. The maximum Gasteiger partial charge on any atom is 0.242 e. The van der Waals surface area contributed by atoms with Crippen molar-refractivity contribution in [2.24, 2.45) is 5.73 Å². The molecule has 0 bridgehead atoms. The largest absolute Gasteiger partial charge is 0.493 e. The molecule has 0 spiro atoms. The molecule has 0 radical (unpaired) electrons. The number of β-lactam (4-membered cyclic amide) rings is 1. The molecule has 1 saturated heterocycles. The molecule has 1 aliphatic heterocycles. The van der Waals surface area contributed by atoms with Crippen molar-refractivity contribution in [2.75, 3.05) is 20.8 Å². The number of benzene rings is 1. The van der Waals surface area contributed by atoms with Gasteiger partial charge in [0.05, 0.1) is 20.3 Å². The number of likely N-dealkylation sites (tertiary alicyclic amines) is 1. The highest BCUT2D eigenvalue weighted by Gasteiger charge is 2.44. The molecule has 5 nitrogen and oxygen atoms in total. The second-order valence-corrected chi connectivity index (χ2v) is 4.21. The number of ether oxygens (including phenoxy) is 2. The number of hydrogen-bond donors (Lipinski definition) is 1. The van der Waals surface area contributed by atoms with Crippen molar-refractivity contribution in [3.8, 4) is 11.5 Å². The predicted octanol–water partition coefficient (Wildman–Crippen LogP) is 0.934. The highest BCUT2D eigenvalue weighted by molar-refractivity contribution is 5.89. The molecule has 1 amide bonds. The van der Waals surface area contributed by atoms with Crippen molar-refractivity contribution < 1.29 is 14.3 Å². The maximum absolute atomic E-state index is 11.6. The highest BCUT2D eigenvalue weighted by atomic mass is 16.5. The number of amides is 1. The fourth-order valence-electron chi connectivity index (χ4n) is 2.35. The van der Waals surface area contributed by atoms with Crippen LogP contribution in [0.2, 0.25) is 0 Å². The van der Waals surface area contributed by atoms with Crippen LogP contribution in [0.1, 0.15) is 18.5 Å². The van der Waals surface area contributed by atoms with Crippen molar-refractivity contribution in [2.45, 2.75) is 19.0 Å². The quantitative estimate of drug-likeness (QED) is 0.807. The van der Waals surface area contributed by atoms with Crippen molar-refractivity contribution in [3.05, 3.63) is 23.8 Å². The molecule has 2 atom stereocenters. The summed E-state index contributed by atoms with van der Waals surface area (Å²) in [6, 6.07) is 5.10. The molecule has 1 heterocycles. The van der Waals surface area contributed by atoms with E-state index in [1.54, 1.807) is 19.1 Å². The number of likely N-dealkylation sites (N-methyl/N-ethyl adjacent to an activating group) is 1. The SMILES string of the molecule is CCN1C(=O)[C@H](N)[C@H]1c1ccc(OC)c(OC)c1. The molecule has 0 aromatic heterocycles. The van der Waals surface area contributed by atoms with Crippen molar-refractivity contribution in [1.29, 1.82) is 0 Å². The zero-order chi connectivity index (χ0) is 13.3. The van der Waals surface area contributed by atoms with Gasteiger partial charge in [0.1, 0.15) is 6.04 Å². The summed E-state index contributed by atoms with van der Waals surface area (Å²) in [4.78, 5) is 13.4. The lowest BCUT2D eigenvalue weighted by Crippen LogP contribution is -2.62. The molecule has 0 aliphatic carbocycles. The van der Waals surface area contributed by atoms with Gasteiger partial charge in [-0.2, -0.15) is 0 Å². The first-order valence-corrected chi connectivity index (χ1v) is 5.92. The Morgan fingerprint density at radius 3 is 2.50 bits per heavy atom. The van der Waals surface area contributed by atoms with Gasteiger partial charge in [-0.1, -0.05) is 6.07 Å². The smallest absolute Gasteiger partial charge is 0.242 e. The van der Waals surface area contributed by atoms with Gasteiger partial charge in [-0.15, -0.1) is 0 Å². The minimum atomic E-state index is -0.456. The Balaban J connectivity index is 2.31. The van der Waals surface area contributed by atoms with Gasteiger partial charge in [0, 0.05) is 6.54 Å². The van der Waals surface area contributed by atoms with E-state index in [1.165, 1.54) is 0 Å². The van der Waals surface area contributed by atoms with E-state index < -0.39 is 6.04 Å². The summed E-state index contributed by atoms with van der Waals surface area (Å²) < 4.78 is 10.4. The van der Waals surface area contributed by atoms with Crippen LogP contribution >= 0.6 is 0 Å². The summed E-state index contributed by atoms with van der Waals surface area (Å²) in [5.41, 5.74) is 6.84. The second kappa shape index (κ2) is 4.86. The molecule has 2 N–H and O–H groups in total. The summed E-state index contributed by atoms with van der Waals surface area (Å²) in [6.07, 6.45) is 0. The minimum absolute atomic E-state index is 0.00251. The monoisotopic (exact) mass is 250 g/mol. The predicted molar refractivity (Wildman–Crippen MR) is 67.6 cm³/mol. The van der Waals surface area contributed by atoms with Crippen LogP contribution in [-0.2, 0) is 4.79 Å². The summed E-state index contributed by atoms with van der Waals surface area (Å²) >= 11 is 0. The van der Waals surface area contributed by atoms with Gasteiger partial charge in [0.15, 0.2) is 11.5 Å². The number of rotatable bonds is 4. The van der Waals surface area contributed by atoms with Gasteiger partial charge in [0.2, 0.25) is 5.91 Å². The first kappa shape index (κ1) is 12.7. The second-order valence-electron chi connectivity index (χ2n) is 4.21. The highest BCUT2D eigenvalue weighted by Crippen LogP contribution is 2.37. The van der Waals surface area contributed by atoms with Crippen molar-refractivity contribution in [3.63, 3.8) is 0 Å². The third kappa shape index (κ3) is 1.80. The Labute approximate surface area is 106 Å². The van der Waals surface area contributed by atoms with Gasteiger partial charge in [-0.05, 0) is 24.6 Å². The number of hydrogen-bond acceptors (Lipinski definition) is 4. The molecule has 0 saturated carbocycles. The fraction of sp³-hybridized carbons (Fsp3) is 0.462. The summed E-state index contributed by atoms with van der Waals surface area (Å²) in [7, 11) is 3.18. The van der Waals surface area contributed by atoms with Gasteiger partial charge in [0.25, 0.3) is 0 Å². The van der Waals surface area contributed by atoms with E-state index in [2.05, 4.69) is 0 Å². The third-order valence-corrected chi connectivity index (χ3v) is 3.33.